The smallest absolute Gasteiger partial charge is 0.344 e. The van der Waals surface area contributed by atoms with Crippen molar-refractivity contribution in [2.45, 2.75) is 53.1 Å². The van der Waals surface area contributed by atoms with Gasteiger partial charge in [0, 0.05) is 5.69 Å². The molecule has 134 valence electrons. The summed E-state index contributed by atoms with van der Waals surface area (Å²) >= 11 is 0. The lowest BCUT2D eigenvalue weighted by Crippen LogP contribution is -2.30. The second-order valence-electron chi connectivity index (χ2n) is 6.13. The average Bonchev–Trinajstić information content (AvgIpc) is 2.93. The first-order valence-corrected chi connectivity index (χ1v) is 8.38. The van der Waals surface area contributed by atoms with Crippen LogP contribution in [0.4, 0.5) is 5.69 Å². The number of hydrogen-bond donors (Lipinski definition) is 1. The number of benzene rings is 1. The lowest BCUT2D eigenvalue weighted by molar-refractivity contribution is -0.123. The highest BCUT2D eigenvalue weighted by Crippen LogP contribution is 2.26. The SMILES string of the molecule is CC[C@@H](C)c1ccccc1NC(=O)[C@@H](C)OC(=O)c1c(C)noc1C. The number of amides is 1. The average molecular weight is 344 g/mol. The van der Waals surface area contributed by atoms with E-state index in [9.17, 15) is 9.59 Å². The van der Waals surface area contributed by atoms with Gasteiger partial charge in [-0.2, -0.15) is 0 Å². The van der Waals surface area contributed by atoms with Gasteiger partial charge in [0.1, 0.15) is 11.3 Å². The normalized spacial score (nSPS) is 13.2. The maximum absolute atomic E-state index is 12.4. The van der Waals surface area contributed by atoms with Gasteiger partial charge < -0.3 is 14.6 Å². The van der Waals surface area contributed by atoms with Gasteiger partial charge in [-0.05, 0) is 44.7 Å². The van der Waals surface area contributed by atoms with Crippen LogP contribution < -0.4 is 5.32 Å². The molecule has 0 aliphatic heterocycles. The van der Waals surface area contributed by atoms with Crippen molar-refractivity contribution < 1.29 is 18.8 Å². The predicted octanol–water partition coefficient (Wildman–Crippen LogP) is 3.99. The van der Waals surface area contributed by atoms with E-state index in [-0.39, 0.29) is 11.5 Å². The summed E-state index contributed by atoms with van der Waals surface area (Å²) in [6.07, 6.45) is 0.0231. The second kappa shape index (κ2) is 7.96. The van der Waals surface area contributed by atoms with Gasteiger partial charge in [0.2, 0.25) is 0 Å². The molecule has 0 fully saturated rings. The monoisotopic (exact) mass is 344 g/mol. The van der Waals surface area contributed by atoms with Crippen LogP contribution in [0.15, 0.2) is 28.8 Å². The number of aromatic nitrogens is 1. The molecule has 0 radical (unpaired) electrons. The summed E-state index contributed by atoms with van der Waals surface area (Å²) in [4.78, 5) is 24.7. The van der Waals surface area contributed by atoms with Crippen molar-refractivity contribution in [2.75, 3.05) is 5.32 Å². The van der Waals surface area contributed by atoms with Crippen LogP contribution in [0.3, 0.4) is 0 Å². The van der Waals surface area contributed by atoms with E-state index in [4.69, 9.17) is 9.26 Å². The van der Waals surface area contributed by atoms with Crippen molar-refractivity contribution in [3.63, 3.8) is 0 Å². The minimum absolute atomic E-state index is 0.264. The number of aryl methyl sites for hydroxylation is 2. The van der Waals surface area contributed by atoms with Gasteiger partial charge in [-0.15, -0.1) is 0 Å². The Morgan fingerprint density at radius 3 is 2.52 bits per heavy atom. The van der Waals surface area contributed by atoms with E-state index in [0.29, 0.717) is 17.4 Å². The molecule has 0 aliphatic rings. The largest absolute Gasteiger partial charge is 0.449 e. The standard InChI is InChI=1S/C19H24N2O4/c1-6-11(2)15-9-7-8-10-16(15)20-18(22)14(5)24-19(23)17-12(3)21-25-13(17)4/h7-11,14H,6H2,1-5H3,(H,20,22)/t11-,14-/m1/s1. The van der Waals surface area contributed by atoms with Crippen LogP contribution in [-0.2, 0) is 9.53 Å². The molecule has 1 aromatic heterocycles. The second-order valence-corrected chi connectivity index (χ2v) is 6.13. The third-order valence-corrected chi connectivity index (χ3v) is 4.25. The number of hydrogen-bond acceptors (Lipinski definition) is 5. The number of carbonyl (C=O) groups is 2. The molecule has 1 aromatic carbocycles. The van der Waals surface area contributed by atoms with E-state index in [0.717, 1.165) is 17.7 Å². The van der Waals surface area contributed by atoms with Gasteiger partial charge in [-0.25, -0.2) is 4.79 Å². The van der Waals surface area contributed by atoms with Crippen molar-refractivity contribution in [1.82, 2.24) is 5.16 Å². The van der Waals surface area contributed by atoms with E-state index in [1.54, 1.807) is 13.8 Å². The van der Waals surface area contributed by atoms with Gasteiger partial charge in [0.25, 0.3) is 5.91 Å². The fraction of sp³-hybridized carbons (Fsp3) is 0.421. The molecule has 0 saturated heterocycles. The van der Waals surface area contributed by atoms with Crippen molar-refractivity contribution in [3.8, 4) is 0 Å². The maximum atomic E-state index is 12.4. The molecule has 6 heteroatoms. The summed E-state index contributed by atoms with van der Waals surface area (Å²) in [5, 5.41) is 6.57. The Morgan fingerprint density at radius 2 is 1.92 bits per heavy atom. The van der Waals surface area contributed by atoms with Crippen molar-refractivity contribution in [3.05, 3.63) is 46.8 Å². The molecule has 0 spiro atoms. The first kappa shape index (κ1) is 18.7. The molecular formula is C19H24N2O4. The van der Waals surface area contributed by atoms with Crippen molar-refractivity contribution in [2.24, 2.45) is 0 Å². The first-order chi connectivity index (χ1) is 11.8. The number of nitrogens with zero attached hydrogens (tertiary/aromatic N) is 1. The number of esters is 1. The van der Waals surface area contributed by atoms with Crippen LogP contribution in [0.2, 0.25) is 0 Å². The molecule has 2 atom stereocenters. The summed E-state index contributed by atoms with van der Waals surface area (Å²) < 4.78 is 10.2. The molecule has 0 saturated carbocycles. The maximum Gasteiger partial charge on any atom is 0.344 e. The van der Waals surface area contributed by atoms with Crippen LogP contribution in [0.25, 0.3) is 0 Å². The Hall–Kier alpha value is -2.63. The number of anilines is 1. The zero-order chi connectivity index (χ0) is 18.6. The highest BCUT2D eigenvalue weighted by molar-refractivity contribution is 5.98. The summed E-state index contributed by atoms with van der Waals surface area (Å²) in [5.41, 5.74) is 2.50. The quantitative estimate of drug-likeness (QED) is 0.801. The van der Waals surface area contributed by atoms with Crippen molar-refractivity contribution >= 4 is 17.6 Å². The van der Waals surface area contributed by atoms with E-state index >= 15 is 0 Å². The molecule has 1 heterocycles. The van der Waals surface area contributed by atoms with E-state index < -0.39 is 12.1 Å². The molecule has 1 N–H and O–H groups in total. The number of carbonyl (C=O) groups excluding carboxylic acids is 2. The van der Waals surface area contributed by atoms with Gasteiger partial charge in [-0.3, -0.25) is 4.79 Å². The Bertz CT molecular complexity index is 747. The lowest BCUT2D eigenvalue weighted by atomic mass is 9.97. The molecule has 0 aliphatic carbocycles. The van der Waals surface area contributed by atoms with Gasteiger partial charge in [0.05, 0.1) is 5.69 Å². The molecule has 1 amide bonds. The predicted molar refractivity (Wildman–Crippen MR) is 94.6 cm³/mol. The Balaban J connectivity index is 2.08. The fourth-order valence-electron chi connectivity index (χ4n) is 2.54. The molecule has 0 unspecified atom stereocenters. The number of ether oxygens (including phenoxy) is 1. The van der Waals surface area contributed by atoms with E-state index in [1.807, 2.05) is 24.3 Å². The van der Waals surface area contributed by atoms with Crippen LogP contribution >= 0.6 is 0 Å². The molecule has 2 rings (SSSR count). The minimum atomic E-state index is -0.939. The Kier molecular flexibility index (Phi) is 5.96. The fourth-order valence-corrected chi connectivity index (χ4v) is 2.54. The number of nitrogens with one attached hydrogen (secondary N) is 1. The summed E-state index contributed by atoms with van der Waals surface area (Å²) in [5.74, 6) is -0.307. The zero-order valence-electron chi connectivity index (χ0n) is 15.3. The Labute approximate surface area is 147 Å². The highest BCUT2D eigenvalue weighted by Gasteiger charge is 2.24. The lowest BCUT2D eigenvalue weighted by Gasteiger charge is -2.18. The highest BCUT2D eigenvalue weighted by atomic mass is 16.5. The third-order valence-electron chi connectivity index (χ3n) is 4.25. The van der Waals surface area contributed by atoms with Crippen LogP contribution in [0.5, 0.6) is 0 Å². The topological polar surface area (TPSA) is 81.4 Å². The van der Waals surface area contributed by atoms with Crippen LogP contribution in [-0.4, -0.2) is 23.1 Å². The summed E-state index contributed by atoms with van der Waals surface area (Å²) in [6.45, 7) is 9.02. The van der Waals surface area contributed by atoms with Crippen LogP contribution in [0, 0.1) is 13.8 Å². The van der Waals surface area contributed by atoms with Crippen LogP contribution in [0.1, 0.15) is 60.5 Å². The molecule has 6 nitrogen and oxygen atoms in total. The molecule has 25 heavy (non-hydrogen) atoms. The zero-order valence-corrected chi connectivity index (χ0v) is 15.3. The van der Waals surface area contributed by atoms with Gasteiger partial charge >= 0.3 is 5.97 Å². The van der Waals surface area contributed by atoms with Gasteiger partial charge in [0.15, 0.2) is 6.10 Å². The Morgan fingerprint density at radius 1 is 1.24 bits per heavy atom. The van der Waals surface area contributed by atoms with Gasteiger partial charge in [-0.1, -0.05) is 37.2 Å². The van der Waals surface area contributed by atoms with Crippen molar-refractivity contribution in [1.29, 1.82) is 0 Å². The number of rotatable bonds is 6. The van der Waals surface area contributed by atoms with E-state index in [1.165, 1.54) is 6.92 Å². The molecule has 2 aromatic rings. The molecular weight excluding hydrogens is 320 g/mol. The first-order valence-electron chi connectivity index (χ1n) is 8.38. The third kappa shape index (κ3) is 4.26. The minimum Gasteiger partial charge on any atom is -0.449 e. The number of para-hydroxylation sites is 1. The molecule has 0 bridgehead atoms. The van der Waals surface area contributed by atoms with E-state index in [2.05, 4.69) is 24.3 Å². The summed E-state index contributed by atoms with van der Waals surface area (Å²) in [6, 6.07) is 7.65. The summed E-state index contributed by atoms with van der Waals surface area (Å²) in [7, 11) is 0.